The van der Waals surface area contributed by atoms with Crippen LogP contribution >= 0.6 is 0 Å². The van der Waals surface area contributed by atoms with Crippen LogP contribution in [0.3, 0.4) is 0 Å². The molecule has 0 saturated heterocycles. The predicted octanol–water partition coefficient (Wildman–Crippen LogP) is 14.2. The summed E-state index contributed by atoms with van der Waals surface area (Å²) < 4.78 is 4.91. The standard InChI is InChI=1S/C55H43N3.C2H6/c1-3-4-8-24-46-38(2)57(45-32-29-39(30-33-45)43-35-51(40-18-9-5-10-19-40)56-52(36-43)41-20-11-6-12-21-41)54-37-42(31-34-49(46)54)47-26-17-27-50-48-25-15-16-28-53(48)58(55(47)50)44-22-13-7-14-23-44;1-2/h5-30,32-33,35-37,51,56H,31,34H2,1-2H3;1-2H3/b24-8-;. The van der Waals surface area contributed by atoms with Gasteiger partial charge in [-0.1, -0.05) is 147 Å². The Labute approximate surface area is 354 Å². The molecule has 0 amide bonds. The van der Waals surface area contributed by atoms with Gasteiger partial charge < -0.3 is 14.5 Å². The van der Waals surface area contributed by atoms with Gasteiger partial charge in [0.1, 0.15) is 0 Å². The normalized spacial score (nSPS) is 14.6. The fraction of sp³-hybridized carbons (Fsp3) is 0.123. The first kappa shape index (κ1) is 38.2. The van der Waals surface area contributed by atoms with E-state index < -0.39 is 0 Å². The highest BCUT2D eigenvalue weighted by molar-refractivity contribution is 6.13. The number of nitrogens with zero attached hydrogens (tertiary/aromatic N) is 2. The van der Waals surface area contributed by atoms with E-state index in [9.17, 15) is 0 Å². The highest BCUT2D eigenvalue weighted by Gasteiger charge is 2.26. The van der Waals surface area contributed by atoms with Crippen LogP contribution in [0.1, 0.15) is 78.0 Å². The maximum absolute atomic E-state index is 3.79. The van der Waals surface area contributed by atoms with Gasteiger partial charge >= 0.3 is 0 Å². The topological polar surface area (TPSA) is 21.9 Å². The Morgan fingerprint density at radius 2 is 1.30 bits per heavy atom. The summed E-state index contributed by atoms with van der Waals surface area (Å²) in [5, 5.41) is 6.34. The molecule has 2 aromatic heterocycles. The molecule has 3 heterocycles. The van der Waals surface area contributed by atoms with Gasteiger partial charge in [-0.05, 0) is 126 Å². The number of rotatable bonds is 7. The first-order valence-electron chi connectivity index (χ1n) is 21.2. The van der Waals surface area contributed by atoms with Crippen molar-refractivity contribution in [2.45, 2.75) is 46.6 Å². The van der Waals surface area contributed by atoms with Crippen molar-refractivity contribution in [2.75, 3.05) is 0 Å². The van der Waals surface area contributed by atoms with Crippen LogP contribution in [0.5, 0.6) is 0 Å². The molecule has 6 aromatic carbocycles. The monoisotopic (exact) mass is 775 g/mol. The van der Waals surface area contributed by atoms with E-state index in [0.29, 0.717) is 0 Å². The van der Waals surface area contributed by atoms with Crippen LogP contribution in [0.15, 0.2) is 176 Å². The van der Waals surface area contributed by atoms with E-state index in [1.165, 1.54) is 83.4 Å². The first-order valence-corrected chi connectivity index (χ1v) is 21.2. The van der Waals surface area contributed by atoms with Crippen LogP contribution in [0.4, 0.5) is 0 Å². The highest BCUT2D eigenvalue weighted by atomic mass is 15.0. The molecule has 1 aliphatic heterocycles. The van der Waals surface area contributed by atoms with Gasteiger partial charge in [0.2, 0.25) is 0 Å². The Morgan fingerprint density at radius 1 is 0.633 bits per heavy atom. The molecule has 0 radical (unpaired) electrons. The summed E-state index contributed by atoms with van der Waals surface area (Å²) in [6, 6.07) is 56.9. The van der Waals surface area contributed by atoms with Crippen molar-refractivity contribution in [3.63, 3.8) is 0 Å². The molecule has 0 fully saturated rings. The van der Waals surface area contributed by atoms with Crippen LogP contribution in [-0.2, 0) is 6.42 Å². The molecule has 3 nitrogen and oxygen atoms in total. The number of hydrogen-bond acceptors (Lipinski definition) is 1. The van der Waals surface area contributed by atoms with Gasteiger partial charge in [0.25, 0.3) is 0 Å². The number of aromatic nitrogens is 2. The Morgan fingerprint density at radius 3 is 2.05 bits per heavy atom. The summed E-state index contributed by atoms with van der Waals surface area (Å²) in [5.74, 6) is 6.21. The molecule has 0 saturated carbocycles. The highest BCUT2D eigenvalue weighted by Crippen LogP contribution is 2.42. The molecular formula is C57H49N3. The zero-order valence-corrected chi connectivity index (χ0v) is 34.8. The van der Waals surface area contributed by atoms with E-state index >= 15 is 0 Å². The maximum Gasteiger partial charge on any atom is 0.0707 e. The first-order chi connectivity index (χ1) is 29.7. The molecule has 60 heavy (non-hydrogen) atoms. The SMILES string of the molecule is CC.CC#C/C=C\c1c2c(n(-c3ccc(C4=CC(c5ccccc5)NC(c5ccccc5)=C4)cc3)c1C)C=C(c1cccc3c4ccccc4n(-c4ccccc4)c13)CC2. The number of allylic oxidation sites excluding steroid dienone is 4. The zero-order valence-electron chi connectivity index (χ0n) is 34.8. The lowest BCUT2D eigenvalue weighted by atomic mass is 9.89. The lowest BCUT2D eigenvalue weighted by molar-refractivity contribution is 0.767. The summed E-state index contributed by atoms with van der Waals surface area (Å²) in [5.41, 5.74) is 18.5. The Hall–Kier alpha value is -7.28. The van der Waals surface area contributed by atoms with Crippen molar-refractivity contribution in [2.24, 2.45) is 0 Å². The smallest absolute Gasteiger partial charge is 0.0707 e. The molecule has 1 N–H and O–H groups in total. The van der Waals surface area contributed by atoms with Gasteiger partial charge in [-0.2, -0.15) is 0 Å². The predicted molar refractivity (Wildman–Crippen MR) is 256 cm³/mol. The molecule has 1 unspecified atom stereocenters. The van der Waals surface area contributed by atoms with Crippen LogP contribution in [-0.4, -0.2) is 9.13 Å². The summed E-state index contributed by atoms with van der Waals surface area (Å²) >= 11 is 0. The average molecular weight is 776 g/mol. The van der Waals surface area contributed by atoms with E-state index in [0.717, 1.165) is 24.2 Å². The largest absolute Gasteiger partial charge is 0.374 e. The third-order valence-electron chi connectivity index (χ3n) is 11.7. The molecule has 3 heteroatoms. The molecule has 10 rings (SSSR count). The molecule has 1 aliphatic carbocycles. The van der Waals surface area contributed by atoms with Crippen molar-refractivity contribution in [3.8, 4) is 23.2 Å². The quantitative estimate of drug-likeness (QED) is 0.160. The molecule has 0 spiro atoms. The van der Waals surface area contributed by atoms with E-state index in [1.54, 1.807) is 0 Å². The average Bonchev–Trinajstić information content (AvgIpc) is 3.81. The fourth-order valence-corrected chi connectivity index (χ4v) is 9.04. The number of dihydropyridines is 1. The third kappa shape index (κ3) is 7.01. The van der Waals surface area contributed by atoms with Gasteiger partial charge in [0.15, 0.2) is 0 Å². The second-order valence-electron chi connectivity index (χ2n) is 15.1. The molecule has 0 bridgehead atoms. The van der Waals surface area contributed by atoms with Gasteiger partial charge in [0, 0.05) is 44.8 Å². The van der Waals surface area contributed by atoms with Crippen molar-refractivity contribution in [1.82, 2.24) is 14.5 Å². The molecule has 2 aliphatic rings. The fourth-order valence-electron chi connectivity index (χ4n) is 9.04. The maximum atomic E-state index is 3.79. The van der Waals surface area contributed by atoms with Crippen molar-refractivity contribution in [3.05, 3.63) is 221 Å². The number of fused-ring (bicyclic) bond motifs is 4. The lowest BCUT2D eigenvalue weighted by Gasteiger charge is -2.26. The van der Waals surface area contributed by atoms with E-state index in [-0.39, 0.29) is 6.04 Å². The van der Waals surface area contributed by atoms with Gasteiger partial charge in [0.05, 0.1) is 17.1 Å². The van der Waals surface area contributed by atoms with Crippen LogP contribution in [0.25, 0.3) is 62.2 Å². The minimum atomic E-state index is 0.0592. The lowest BCUT2D eigenvalue weighted by Crippen LogP contribution is -2.21. The Balaban J connectivity index is 0.00000228. The van der Waals surface area contributed by atoms with Crippen molar-refractivity contribution < 1.29 is 0 Å². The number of hydrogen-bond donors (Lipinski definition) is 1. The van der Waals surface area contributed by atoms with Gasteiger partial charge in [-0.15, -0.1) is 5.92 Å². The third-order valence-corrected chi connectivity index (χ3v) is 11.7. The minimum absolute atomic E-state index is 0.0592. The zero-order chi connectivity index (χ0) is 41.0. The van der Waals surface area contributed by atoms with E-state index in [1.807, 2.05) is 26.8 Å². The molecule has 8 aromatic rings. The van der Waals surface area contributed by atoms with E-state index in [4.69, 9.17) is 0 Å². The van der Waals surface area contributed by atoms with Crippen LogP contribution in [0.2, 0.25) is 0 Å². The van der Waals surface area contributed by atoms with Crippen molar-refractivity contribution >= 4 is 50.8 Å². The second kappa shape index (κ2) is 16.9. The van der Waals surface area contributed by atoms with Crippen LogP contribution in [0, 0.1) is 18.8 Å². The van der Waals surface area contributed by atoms with Gasteiger partial charge in [-0.25, -0.2) is 0 Å². The summed E-state index contributed by atoms with van der Waals surface area (Å²) in [6.07, 6.45) is 13.2. The number of benzene rings is 6. The molecule has 1 atom stereocenters. The van der Waals surface area contributed by atoms with Gasteiger partial charge in [-0.3, -0.25) is 0 Å². The molecule has 292 valence electrons. The molecular weight excluding hydrogens is 727 g/mol. The van der Waals surface area contributed by atoms with Crippen molar-refractivity contribution in [1.29, 1.82) is 0 Å². The number of para-hydroxylation sites is 3. The Kier molecular flexibility index (Phi) is 10.8. The Bertz CT molecular complexity index is 3010. The minimum Gasteiger partial charge on any atom is -0.374 e. The van der Waals surface area contributed by atoms with Crippen LogP contribution < -0.4 is 5.32 Å². The summed E-state index contributed by atoms with van der Waals surface area (Å²) in [6.45, 7) is 8.14. The van der Waals surface area contributed by atoms with E-state index in [2.05, 4.69) is 215 Å². The second-order valence-corrected chi connectivity index (χ2v) is 15.1. The number of nitrogens with one attached hydrogen (secondary N) is 1. The summed E-state index contributed by atoms with van der Waals surface area (Å²) in [4.78, 5) is 0. The summed E-state index contributed by atoms with van der Waals surface area (Å²) in [7, 11) is 0.